The van der Waals surface area contributed by atoms with Gasteiger partial charge >= 0.3 is 0 Å². The summed E-state index contributed by atoms with van der Waals surface area (Å²) in [6, 6.07) is 24.7. The highest BCUT2D eigenvalue weighted by molar-refractivity contribution is 6.30. The van der Waals surface area contributed by atoms with E-state index >= 15 is 0 Å². The lowest BCUT2D eigenvalue weighted by Crippen LogP contribution is -2.35. The van der Waals surface area contributed by atoms with Crippen LogP contribution in [0.25, 0.3) is 11.8 Å². The van der Waals surface area contributed by atoms with Crippen LogP contribution in [0.4, 0.5) is 5.69 Å². The molecule has 8 nitrogen and oxygen atoms in total. The van der Waals surface area contributed by atoms with E-state index in [-0.39, 0.29) is 5.91 Å². The summed E-state index contributed by atoms with van der Waals surface area (Å²) in [6.07, 6.45) is 1.76. The number of carbonyl (C=O) groups excluding carboxylic acids is 1. The second-order valence-electron chi connectivity index (χ2n) is 9.56. The van der Waals surface area contributed by atoms with E-state index < -0.39 is 0 Å². The minimum atomic E-state index is -0.313. The molecular weight excluding hydrogens is 536 g/mol. The maximum absolute atomic E-state index is 14.0. The second kappa shape index (κ2) is 11.9. The van der Waals surface area contributed by atoms with E-state index in [1.807, 2.05) is 78.5 Å². The fraction of sp³-hybridized carbons (Fsp3) is 0.219. The molecule has 1 aliphatic heterocycles. The first-order valence-corrected chi connectivity index (χ1v) is 13.9. The molecule has 2 heterocycles. The van der Waals surface area contributed by atoms with Crippen LogP contribution in [0.1, 0.15) is 30.7 Å². The van der Waals surface area contributed by atoms with Crippen LogP contribution < -0.4 is 15.1 Å². The van der Waals surface area contributed by atoms with Gasteiger partial charge in [0.25, 0.3) is 5.91 Å². The Balaban J connectivity index is 1.75. The number of amides is 1. The van der Waals surface area contributed by atoms with Gasteiger partial charge in [0.05, 0.1) is 18.5 Å². The largest absolute Gasteiger partial charge is 0.497 e. The summed E-state index contributed by atoms with van der Waals surface area (Å²) in [5.41, 5.74) is 5.39. The van der Waals surface area contributed by atoms with Crippen molar-refractivity contribution in [3.8, 4) is 11.4 Å². The van der Waals surface area contributed by atoms with Crippen molar-refractivity contribution in [2.24, 2.45) is 17.1 Å². The second-order valence-corrected chi connectivity index (χ2v) is 10.00. The maximum atomic E-state index is 14.0. The Bertz CT molecular complexity index is 1680. The fourth-order valence-electron chi connectivity index (χ4n) is 4.91. The van der Waals surface area contributed by atoms with Gasteiger partial charge in [-0.25, -0.2) is 9.67 Å². The smallest absolute Gasteiger partial charge is 0.298 e. The normalized spacial score (nSPS) is 14.6. The molecule has 4 aromatic rings. The minimum absolute atomic E-state index is 0.294. The quantitative estimate of drug-likeness (QED) is 0.253. The van der Waals surface area contributed by atoms with Crippen molar-refractivity contribution < 1.29 is 9.53 Å². The fourth-order valence-corrected chi connectivity index (χ4v) is 5.04. The lowest BCUT2D eigenvalue weighted by molar-refractivity contribution is -0.122. The third kappa shape index (κ3) is 5.43. The van der Waals surface area contributed by atoms with E-state index in [1.165, 1.54) is 5.01 Å². The van der Waals surface area contributed by atoms with E-state index in [1.54, 1.807) is 25.3 Å². The number of rotatable bonds is 8. The molecule has 0 saturated carbocycles. The van der Waals surface area contributed by atoms with Crippen LogP contribution in [0.15, 0.2) is 94.7 Å². The van der Waals surface area contributed by atoms with E-state index in [0.29, 0.717) is 22.0 Å². The number of halogens is 1. The third-order valence-corrected chi connectivity index (χ3v) is 7.43. The summed E-state index contributed by atoms with van der Waals surface area (Å²) in [7, 11) is 3.64. The molecule has 0 spiro atoms. The number of hydrogen-bond donors (Lipinski definition) is 0. The maximum Gasteiger partial charge on any atom is 0.298 e. The molecule has 0 bridgehead atoms. The molecule has 9 heteroatoms. The molecule has 0 aliphatic carbocycles. The van der Waals surface area contributed by atoms with Crippen LogP contribution in [0.5, 0.6) is 5.75 Å². The summed E-state index contributed by atoms with van der Waals surface area (Å²) in [5, 5.41) is 7.12. The van der Waals surface area contributed by atoms with Crippen molar-refractivity contribution in [2.75, 3.05) is 25.1 Å². The van der Waals surface area contributed by atoms with Gasteiger partial charge in [-0.1, -0.05) is 54.1 Å². The van der Waals surface area contributed by atoms with Crippen molar-refractivity contribution in [3.63, 3.8) is 0 Å². The number of anilines is 1. The van der Waals surface area contributed by atoms with Gasteiger partial charge < -0.3 is 9.64 Å². The van der Waals surface area contributed by atoms with Crippen molar-refractivity contribution in [3.05, 3.63) is 112 Å². The van der Waals surface area contributed by atoms with Crippen LogP contribution >= 0.6 is 11.6 Å². The lowest BCUT2D eigenvalue weighted by atomic mass is 10.2. The number of nitrogens with zero attached hydrogens (tertiary/aromatic N) is 6. The number of methoxy groups -OCH3 is 1. The Hall–Kier alpha value is -4.56. The van der Waals surface area contributed by atoms with Gasteiger partial charge in [0, 0.05) is 30.7 Å². The standard InChI is InChI=1S/C32H33ClN6O2/c1-6-37(7-2)29-22(3)36(4)39(26-17-19-27(41-5)20-18-26)31(29)35-38-30(24-11-9-8-10-12-24)34-28(32(38)40)21-23-13-15-25(33)16-14-23/h8-21H,6-7H2,1-5H3/b28-21+,35-31-. The number of ether oxygens (including phenoxy) is 1. The van der Waals surface area contributed by atoms with E-state index in [0.717, 1.165) is 47.0 Å². The average molecular weight is 569 g/mol. The first-order valence-electron chi connectivity index (χ1n) is 13.5. The molecule has 0 fully saturated rings. The number of aliphatic imine (C=N–C) groups is 1. The van der Waals surface area contributed by atoms with Crippen LogP contribution in [0, 0.1) is 6.92 Å². The molecule has 1 amide bonds. The molecule has 5 rings (SSSR count). The molecule has 0 unspecified atom stereocenters. The van der Waals surface area contributed by atoms with Gasteiger partial charge in [-0.15, -0.1) is 5.10 Å². The van der Waals surface area contributed by atoms with E-state index in [9.17, 15) is 4.79 Å². The lowest BCUT2D eigenvalue weighted by Gasteiger charge is -2.20. The Kier molecular flexibility index (Phi) is 8.12. The number of hydrogen-bond acceptors (Lipinski definition) is 5. The zero-order valence-corrected chi connectivity index (χ0v) is 24.6. The van der Waals surface area contributed by atoms with Crippen molar-refractivity contribution in [1.29, 1.82) is 0 Å². The summed E-state index contributed by atoms with van der Waals surface area (Å²) in [6.45, 7) is 7.85. The average Bonchev–Trinajstić information content (AvgIpc) is 3.43. The van der Waals surface area contributed by atoms with Crippen molar-refractivity contribution >= 4 is 35.1 Å². The van der Waals surface area contributed by atoms with Gasteiger partial charge in [0.2, 0.25) is 0 Å². The zero-order valence-electron chi connectivity index (χ0n) is 23.9. The van der Waals surface area contributed by atoms with Gasteiger partial charge in [-0.2, -0.15) is 5.01 Å². The summed E-state index contributed by atoms with van der Waals surface area (Å²) in [4.78, 5) is 21.0. The Morgan fingerprint density at radius 1 is 0.976 bits per heavy atom. The Labute approximate surface area is 245 Å². The molecule has 0 radical (unpaired) electrons. The monoisotopic (exact) mass is 568 g/mol. The zero-order chi connectivity index (χ0) is 29.1. The number of carbonyl (C=O) groups is 1. The highest BCUT2D eigenvalue weighted by Gasteiger charge is 2.32. The highest BCUT2D eigenvalue weighted by Crippen LogP contribution is 2.25. The molecule has 1 aromatic heterocycles. The van der Waals surface area contributed by atoms with Gasteiger partial charge in [0.15, 0.2) is 11.3 Å². The number of amidine groups is 1. The molecule has 210 valence electrons. The topological polar surface area (TPSA) is 67.4 Å². The predicted octanol–water partition coefficient (Wildman–Crippen LogP) is 5.78. The van der Waals surface area contributed by atoms with Crippen LogP contribution in [0.2, 0.25) is 5.02 Å². The molecule has 0 N–H and O–H groups in total. The molecule has 3 aromatic carbocycles. The van der Waals surface area contributed by atoms with Crippen molar-refractivity contribution in [2.45, 2.75) is 20.8 Å². The molecular formula is C32H33ClN6O2. The third-order valence-electron chi connectivity index (χ3n) is 7.18. The summed E-state index contributed by atoms with van der Waals surface area (Å²) < 4.78 is 9.46. The highest BCUT2D eigenvalue weighted by atomic mass is 35.5. The molecule has 0 saturated heterocycles. The first-order chi connectivity index (χ1) is 19.9. The van der Waals surface area contributed by atoms with E-state index in [2.05, 4.69) is 30.4 Å². The Morgan fingerprint density at radius 3 is 2.24 bits per heavy atom. The predicted molar refractivity (Wildman–Crippen MR) is 164 cm³/mol. The molecule has 1 aliphatic rings. The molecule has 41 heavy (non-hydrogen) atoms. The van der Waals surface area contributed by atoms with E-state index in [4.69, 9.17) is 26.4 Å². The van der Waals surface area contributed by atoms with Crippen LogP contribution in [0.3, 0.4) is 0 Å². The van der Waals surface area contributed by atoms with Crippen LogP contribution in [-0.2, 0) is 11.8 Å². The summed E-state index contributed by atoms with van der Waals surface area (Å²) >= 11 is 6.08. The number of benzene rings is 3. The van der Waals surface area contributed by atoms with Gasteiger partial charge in [-0.05, 0) is 68.8 Å². The van der Waals surface area contributed by atoms with Crippen LogP contribution in [-0.4, -0.2) is 46.3 Å². The first kappa shape index (κ1) is 28.0. The number of aromatic nitrogens is 2. The SMILES string of the molecule is CCN(CC)c1c(C)n(C)n(-c2ccc(OC)cc2)/c1=N\N1C(=O)/C(=C\c2ccc(Cl)cc2)N=C1c1ccccc1. The Morgan fingerprint density at radius 2 is 1.63 bits per heavy atom. The molecule has 0 atom stereocenters. The minimum Gasteiger partial charge on any atom is -0.497 e. The van der Waals surface area contributed by atoms with Crippen molar-refractivity contribution in [1.82, 2.24) is 14.4 Å². The van der Waals surface area contributed by atoms with Gasteiger partial charge in [0.1, 0.15) is 17.1 Å². The summed E-state index contributed by atoms with van der Waals surface area (Å²) in [5.74, 6) is 0.907. The van der Waals surface area contributed by atoms with Gasteiger partial charge in [-0.3, -0.25) is 9.48 Å².